The van der Waals surface area contributed by atoms with Crippen molar-refractivity contribution in [2.75, 3.05) is 11.5 Å². The van der Waals surface area contributed by atoms with E-state index in [9.17, 15) is 9.59 Å². The minimum atomic E-state index is -1.06. The number of hydrogen-bond acceptors (Lipinski definition) is 4. The van der Waals surface area contributed by atoms with Crippen molar-refractivity contribution in [3.05, 3.63) is 22.0 Å². The molecule has 2 nitrogen and oxygen atoms in total. The first-order valence-electron chi connectivity index (χ1n) is 7.65. The summed E-state index contributed by atoms with van der Waals surface area (Å²) in [6.07, 6.45) is 5.35. The highest BCUT2D eigenvalue weighted by molar-refractivity contribution is 8.04. The molecule has 6 heteroatoms. The predicted molar refractivity (Wildman–Crippen MR) is 110 cm³/mol. The monoisotopic (exact) mass is 374 g/mol. The largest absolute Gasteiger partial charge is 0.297 e. The average molecular weight is 375 g/mol. The van der Waals surface area contributed by atoms with Crippen molar-refractivity contribution in [3.63, 3.8) is 0 Å². The summed E-state index contributed by atoms with van der Waals surface area (Å²) in [5, 5.41) is 0. The van der Waals surface area contributed by atoms with Crippen LogP contribution in [0.1, 0.15) is 0 Å². The van der Waals surface area contributed by atoms with Crippen LogP contribution in [0, 0.1) is 0 Å². The second-order valence-electron chi connectivity index (χ2n) is 7.69. The molecule has 0 spiro atoms. The van der Waals surface area contributed by atoms with E-state index in [2.05, 4.69) is 39.3 Å². The molecule has 0 N–H and O–H groups in total. The Kier molecular flexibility index (Phi) is 10.7. The van der Waals surface area contributed by atoms with Crippen LogP contribution >= 0.6 is 23.5 Å². The molecule has 0 aliphatic heterocycles. The summed E-state index contributed by atoms with van der Waals surface area (Å²) < 4.78 is 0. The summed E-state index contributed by atoms with van der Waals surface area (Å²) in [5.74, 6) is 1.96. The van der Waals surface area contributed by atoms with E-state index in [1.54, 1.807) is 35.7 Å². The molecule has 0 unspecified atom stereocenters. The highest BCUT2D eigenvalue weighted by Gasteiger charge is 2.13. The Morgan fingerprint density at radius 1 is 0.727 bits per heavy atom. The number of rotatable bonds is 11. The summed E-state index contributed by atoms with van der Waals surface area (Å²) in [7, 11) is -2.12. The van der Waals surface area contributed by atoms with Crippen LogP contribution in [-0.4, -0.2) is 40.2 Å². The first kappa shape index (κ1) is 22.0. The maximum Gasteiger partial charge on any atom is 0.156 e. The number of hydrogen-bond donors (Lipinski definition) is 0. The molecule has 0 fully saturated rings. The Bertz CT molecular complexity index is 379. The molecular weight excluding hydrogens is 344 g/mol. The number of carbonyl (C=O) groups is 2. The minimum Gasteiger partial charge on any atom is -0.297 e. The lowest BCUT2D eigenvalue weighted by atomic mass is 10.4. The Balaban J connectivity index is 4.47. The molecule has 0 aliphatic carbocycles. The van der Waals surface area contributed by atoms with Crippen LogP contribution in [0.5, 0.6) is 0 Å². The van der Waals surface area contributed by atoms with Gasteiger partial charge in [-0.15, -0.1) is 23.5 Å². The van der Waals surface area contributed by atoms with Gasteiger partial charge in [0.05, 0.1) is 0 Å². The average Bonchev–Trinajstić information content (AvgIpc) is 2.37. The van der Waals surface area contributed by atoms with E-state index in [-0.39, 0.29) is 0 Å². The Morgan fingerprint density at radius 3 is 1.27 bits per heavy atom. The third-order valence-electron chi connectivity index (χ3n) is 2.89. The van der Waals surface area contributed by atoms with Crippen molar-refractivity contribution in [1.29, 1.82) is 0 Å². The van der Waals surface area contributed by atoms with E-state index in [4.69, 9.17) is 0 Å². The first-order chi connectivity index (χ1) is 10.1. The Hall–Kier alpha value is -0.0462. The second kappa shape index (κ2) is 10.7. The molecule has 0 aromatic rings. The van der Waals surface area contributed by atoms with Crippen molar-refractivity contribution in [2.24, 2.45) is 0 Å². The van der Waals surface area contributed by atoms with Gasteiger partial charge in [-0.25, -0.2) is 0 Å². The van der Waals surface area contributed by atoms with E-state index in [0.717, 1.165) is 24.1 Å². The van der Waals surface area contributed by atoms with Gasteiger partial charge in [-0.05, 0) is 35.7 Å². The standard InChI is InChI=1S/C16H30O2S2Si2/c1-21(2,3)11-9-19-15(13-17)7-8-16(14-18)20-10-12-22(4,5)6/h7-8,13-14H,9-12H2,1-6H3/b15-7-,16-8-. The summed E-state index contributed by atoms with van der Waals surface area (Å²) >= 11 is 3.19. The van der Waals surface area contributed by atoms with Crippen molar-refractivity contribution in [1.82, 2.24) is 0 Å². The van der Waals surface area contributed by atoms with Gasteiger partial charge in [-0.3, -0.25) is 9.59 Å². The predicted octanol–water partition coefficient (Wildman–Crippen LogP) is 5.29. The first-order valence-corrected chi connectivity index (χ1v) is 17.0. The topological polar surface area (TPSA) is 34.1 Å². The molecule has 0 aliphatic rings. The smallest absolute Gasteiger partial charge is 0.156 e. The van der Waals surface area contributed by atoms with Gasteiger partial charge < -0.3 is 0 Å². The second-order valence-corrected chi connectivity index (χ2v) is 21.3. The molecule has 0 amide bonds. The normalized spacial score (nSPS) is 14.1. The van der Waals surface area contributed by atoms with Crippen LogP contribution < -0.4 is 0 Å². The van der Waals surface area contributed by atoms with Crippen molar-refractivity contribution in [2.45, 2.75) is 51.4 Å². The zero-order valence-corrected chi connectivity index (χ0v) is 18.4. The van der Waals surface area contributed by atoms with Gasteiger partial charge in [0.25, 0.3) is 0 Å². The third-order valence-corrected chi connectivity index (χ3v) is 9.06. The molecule has 0 radical (unpaired) electrons. The molecule has 0 saturated heterocycles. The molecule has 0 saturated carbocycles. The van der Waals surface area contributed by atoms with Gasteiger partial charge in [-0.2, -0.15) is 0 Å². The van der Waals surface area contributed by atoms with Crippen LogP contribution in [0.25, 0.3) is 0 Å². The van der Waals surface area contributed by atoms with Crippen molar-refractivity contribution in [3.8, 4) is 0 Å². The minimum absolute atomic E-state index is 0.711. The van der Waals surface area contributed by atoms with Crippen LogP contribution in [0.15, 0.2) is 22.0 Å². The quantitative estimate of drug-likeness (QED) is 0.213. The fraction of sp³-hybridized carbons (Fsp3) is 0.625. The molecule has 0 heterocycles. The molecule has 0 atom stereocenters. The van der Waals surface area contributed by atoms with Gasteiger partial charge in [-0.1, -0.05) is 39.3 Å². The van der Waals surface area contributed by atoms with Crippen LogP contribution in [0.2, 0.25) is 51.4 Å². The highest BCUT2D eigenvalue weighted by atomic mass is 32.2. The summed E-state index contributed by atoms with van der Waals surface area (Å²) in [6.45, 7) is 14.0. The summed E-state index contributed by atoms with van der Waals surface area (Å²) in [5.41, 5.74) is 0. The maximum atomic E-state index is 11.1. The van der Waals surface area contributed by atoms with Crippen LogP contribution in [0.4, 0.5) is 0 Å². The van der Waals surface area contributed by atoms with Gasteiger partial charge in [0, 0.05) is 26.0 Å². The number of thioether (sulfide) groups is 2. The lowest BCUT2D eigenvalue weighted by Crippen LogP contribution is -2.19. The lowest BCUT2D eigenvalue weighted by Gasteiger charge is -2.14. The molecule has 22 heavy (non-hydrogen) atoms. The number of allylic oxidation sites excluding steroid dienone is 4. The molecule has 126 valence electrons. The molecule has 0 bridgehead atoms. The fourth-order valence-electron chi connectivity index (χ4n) is 1.36. The van der Waals surface area contributed by atoms with E-state index >= 15 is 0 Å². The zero-order chi connectivity index (χ0) is 17.2. The summed E-state index contributed by atoms with van der Waals surface area (Å²) in [6, 6.07) is 2.39. The van der Waals surface area contributed by atoms with Crippen LogP contribution in [-0.2, 0) is 9.59 Å². The van der Waals surface area contributed by atoms with Crippen molar-refractivity contribution < 1.29 is 9.59 Å². The SMILES string of the molecule is C[Si](C)(C)CCS/C(C=O)=C\C=C(\C=O)SCC[Si](C)(C)C. The van der Waals surface area contributed by atoms with Gasteiger partial charge >= 0.3 is 0 Å². The van der Waals surface area contributed by atoms with Gasteiger partial charge in [0.1, 0.15) is 0 Å². The molecular formula is C16H30O2S2Si2. The van der Waals surface area contributed by atoms with E-state index in [0.29, 0.717) is 9.81 Å². The summed E-state index contributed by atoms with van der Waals surface area (Å²) in [4.78, 5) is 23.6. The van der Waals surface area contributed by atoms with Gasteiger partial charge in [0.15, 0.2) is 12.6 Å². The maximum absolute atomic E-state index is 11.1. The van der Waals surface area contributed by atoms with Gasteiger partial charge in [0.2, 0.25) is 0 Å². The number of carbonyl (C=O) groups excluding carboxylic acids is 2. The van der Waals surface area contributed by atoms with Crippen molar-refractivity contribution >= 4 is 52.2 Å². The molecule has 0 rings (SSSR count). The Morgan fingerprint density at radius 2 is 1.05 bits per heavy atom. The van der Waals surface area contributed by atoms with E-state index in [1.165, 1.54) is 12.1 Å². The Labute approximate surface area is 146 Å². The lowest BCUT2D eigenvalue weighted by molar-refractivity contribution is -0.105. The number of aldehydes is 2. The van der Waals surface area contributed by atoms with E-state index in [1.807, 2.05) is 0 Å². The third kappa shape index (κ3) is 13.6. The molecule has 0 aromatic heterocycles. The van der Waals surface area contributed by atoms with E-state index < -0.39 is 16.1 Å². The fourth-order valence-corrected chi connectivity index (χ4v) is 8.01. The van der Waals surface area contributed by atoms with Crippen LogP contribution in [0.3, 0.4) is 0 Å². The highest BCUT2D eigenvalue weighted by Crippen LogP contribution is 2.22. The molecule has 0 aromatic carbocycles. The zero-order valence-electron chi connectivity index (χ0n) is 14.8.